The summed E-state index contributed by atoms with van der Waals surface area (Å²) < 4.78 is 0. The standard InChI is InChI=1S/C24H28ClN5O/c25-19-10-9-17(16-18(19)23-27-20-6-1-2-7-21(20)28-23)29-12-5-13-30(15-14-29)24(31)22-8-3-4-11-26-22/h1-2,6-7,9-10,16,22,26H,3-5,8,11-15H2,(H,27,28)/t22-/m1/s1. The first kappa shape index (κ1) is 20.3. The van der Waals surface area contributed by atoms with Gasteiger partial charge in [-0.2, -0.15) is 0 Å². The van der Waals surface area contributed by atoms with Crippen LogP contribution >= 0.6 is 11.6 Å². The van der Waals surface area contributed by atoms with Crippen molar-refractivity contribution in [1.29, 1.82) is 0 Å². The molecule has 1 aromatic heterocycles. The molecule has 7 heteroatoms. The number of benzene rings is 2. The van der Waals surface area contributed by atoms with E-state index in [-0.39, 0.29) is 11.9 Å². The van der Waals surface area contributed by atoms with Crippen LogP contribution in [0.25, 0.3) is 22.4 Å². The van der Waals surface area contributed by atoms with E-state index in [1.165, 1.54) is 6.42 Å². The minimum atomic E-state index is -0.00415. The van der Waals surface area contributed by atoms with E-state index in [4.69, 9.17) is 16.6 Å². The summed E-state index contributed by atoms with van der Waals surface area (Å²) in [6.07, 6.45) is 4.22. The van der Waals surface area contributed by atoms with Gasteiger partial charge in [0, 0.05) is 37.4 Å². The number of aromatic amines is 1. The molecule has 5 rings (SSSR count). The van der Waals surface area contributed by atoms with Crippen LogP contribution in [0.1, 0.15) is 25.7 Å². The molecule has 2 aliphatic heterocycles. The van der Waals surface area contributed by atoms with E-state index in [2.05, 4.69) is 27.3 Å². The van der Waals surface area contributed by atoms with Gasteiger partial charge in [0.15, 0.2) is 0 Å². The predicted molar refractivity (Wildman–Crippen MR) is 126 cm³/mol. The van der Waals surface area contributed by atoms with Crippen LogP contribution in [-0.4, -0.2) is 59.5 Å². The Bertz CT molecular complexity index is 1040. The lowest BCUT2D eigenvalue weighted by Crippen LogP contribution is -2.49. The summed E-state index contributed by atoms with van der Waals surface area (Å²) in [5.74, 6) is 1.05. The number of rotatable bonds is 3. The molecule has 1 atom stereocenters. The van der Waals surface area contributed by atoms with Crippen molar-refractivity contribution in [3.8, 4) is 11.4 Å². The molecule has 2 aliphatic rings. The average molecular weight is 438 g/mol. The van der Waals surface area contributed by atoms with Crippen molar-refractivity contribution >= 4 is 34.2 Å². The van der Waals surface area contributed by atoms with Crippen molar-refractivity contribution in [2.75, 3.05) is 37.6 Å². The largest absolute Gasteiger partial charge is 0.370 e. The highest BCUT2D eigenvalue weighted by molar-refractivity contribution is 6.33. The Morgan fingerprint density at radius 2 is 1.94 bits per heavy atom. The highest BCUT2D eigenvalue weighted by atomic mass is 35.5. The number of anilines is 1. The summed E-state index contributed by atoms with van der Waals surface area (Å²) in [6.45, 7) is 4.26. The van der Waals surface area contributed by atoms with Gasteiger partial charge in [0.05, 0.1) is 22.1 Å². The fraction of sp³-hybridized carbons (Fsp3) is 0.417. The van der Waals surface area contributed by atoms with Gasteiger partial charge < -0.3 is 20.1 Å². The third-order valence-electron chi connectivity index (χ3n) is 6.38. The molecule has 0 spiro atoms. The van der Waals surface area contributed by atoms with E-state index < -0.39 is 0 Å². The monoisotopic (exact) mass is 437 g/mol. The van der Waals surface area contributed by atoms with Gasteiger partial charge >= 0.3 is 0 Å². The normalized spacial score (nSPS) is 20.1. The Morgan fingerprint density at radius 1 is 1.03 bits per heavy atom. The highest BCUT2D eigenvalue weighted by Crippen LogP contribution is 2.32. The van der Waals surface area contributed by atoms with Gasteiger partial charge in [-0.05, 0) is 56.1 Å². The number of carbonyl (C=O) groups excluding carboxylic acids is 1. The zero-order valence-corrected chi connectivity index (χ0v) is 18.4. The van der Waals surface area contributed by atoms with E-state index in [1.807, 2.05) is 35.2 Å². The van der Waals surface area contributed by atoms with Crippen LogP contribution in [0.15, 0.2) is 42.5 Å². The summed E-state index contributed by atoms with van der Waals surface area (Å²) in [6, 6.07) is 14.1. The molecule has 162 valence electrons. The lowest BCUT2D eigenvalue weighted by atomic mass is 10.0. The lowest BCUT2D eigenvalue weighted by Gasteiger charge is -2.29. The molecule has 2 fully saturated rings. The third kappa shape index (κ3) is 4.27. The van der Waals surface area contributed by atoms with Crippen LogP contribution in [0, 0.1) is 0 Å². The van der Waals surface area contributed by atoms with Crippen molar-refractivity contribution in [1.82, 2.24) is 20.2 Å². The number of nitrogens with one attached hydrogen (secondary N) is 2. The highest BCUT2D eigenvalue weighted by Gasteiger charge is 2.27. The number of carbonyl (C=O) groups is 1. The first-order chi connectivity index (χ1) is 15.2. The lowest BCUT2D eigenvalue weighted by molar-refractivity contribution is -0.133. The second-order valence-electron chi connectivity index (χ2n) is 8.44. The van der Waals surface area contributed by atoms with Crippen molar-refractivity contribution in [3.05, 3.63) is 47.5 Å². The Labute approximate surface area is 187 Å². The number of hydrogen-bond donors (Lipinski definition) is 2. The van der Waals surface area contributed by atoms with Gasteiger partial charge in [-0.15, -0.1) is 0 Å². The molecule has 1 amide bonds. The van der Waals surface area contributed by atoms with Crippen LogP contribution in [0.5, 0.6) is 0 Å². The van der Waals surface area contributed by atoms with Crippen LogP contribution < -0.4 is 10.2 Å². The zero-order valence-electron chi connectivity index (χ0n) is 17.6. The molecular formula is C24H28ClN5O. The zero-order chi connectivity index (χ0) is 21.2. The fourth-order valence-electron chi connectivity index (χ4n) is 4.65. The fourth-order valence-corrected chi connectivity index (χ4v) is 4.86. The molecule has 2 aromatic carbocycles. The van der Waals surface area contributed by atoms with E-state index >= 15 is 0 Å². The number of amides is 1. The Hall–Kier alpha value is -2.57. The smallest absolute Gasteiger partial charge is 0.239 e. The first-order valence-corrected chi connectivity index (χ1v) is 11.6. The van der Waals surface area contributed by atoms with Crippen molar-refractivity contribution in [3.63, 3.8) is 0 Å². The summed E-state index contributed by atoms with van der Waals surface area (Å²) >= 11 is 6.54. The van der Waals surface area contributed by atoms with E-state index in [9.17, 15) is 4.79 Å². The van der Waals surface area contributed by atoms with Crippen LogP contribution in [0.2, 0.25) is 5.02 Å². The SMILES string of the molecule is O=C([C@H]1CCCCN1)N1CCCN(c2ccc(Cl)c(-c3nc4ccccc4[nH]3)c2)CC1. The maximum atomic E-state index is 12.9. The molecular weight excluding hydrogens is 410 g/mol. The molecule has 0 radical (unpaired) electrons. The van der Waals surface area contributed by atoms with Gasteiger partial charge in [-0.25, -0.2) is 4.98 Å². The molecule has 0 aliphatic carbocycles. The van der Waals surface area contributed by atoms with E-state index in [0.29, 0.717) is 5.02 Å². The summed E-state index contributed by atoms with van der Waals surface area (Å²) in [5.41, 5.74) is 3.95. The molecule has 3 aromatic rings. The molecule has 0 saturated carbocycles. The number of aromatic nitrogens is 2. The minimum absolute atomic E-state index is 0.00415. The van der Waals surface area contributed by atoms with E-state index in [1.54, 1.807) is 0 Å². The summed E-state index contributed by atoms with van der Waals surface area (Å²) in [4.78, 5) is 25.4. The Balaban J connectivity index is 1.33. The van der Waals surface area contributed by atoms with Gasteiger partial charge in [0.25, 0.3) is 0 Å². The maximum Gasteiger partial charge on any atom is 0.239 e. The van der Waals surface area contributed by atoms with Crippen LogP contribution in [0.4, 0.5) is 5.69 Å². The third-order valence-corrected chi connectivity index (χ3v) is 6.71. The van der Waals surface area contributed by atoms with E-state index in [0.717, 1.165) is 80.1 Å². The quantitative estimate of drug-likeness (QED) is 0.648. The van der Waals surface area contributed by atoms with Crippen LogP contribution in [-0.2, 0) is 4.79 Å². The van der Waals surface area contributed by atoms with Crippen LogP contribution in [0.3, 0.4) is 0 Å². The summed E-state index contributed by atoms with van der Waals surface area (Å²) in [7, 11) is 0. The average Bonchev–Trinajstić information content (AvgIpc) is 3.09. The maximum absolute atomic E-state index is 12.9. The minimum Gasteiger partial charge on any atom is -0.370 e. The van der Waals surface area contributed by atoms with Gasteiger partial charge in [-0.1, -0.05) is 30.2 Å². The first-order valence-electron chi connectivity index (χ1n) is 11.2. The molecule has 0 unspecified atom stereocenters. The summed E-state index contributed by atoms with van der Waals surface area (Å²) in [5, 5.41) is 4.07. The second kappa shape index (κ2) is 8.89. The Morgan fingerprint density at radius 3 is 2.77 bits per heavy atom. The van der Waals surface area contributed by atoms with Gasteiger partial charge in [0.1, 0.15) is 5.82 Å². The Kier molecular flexibility index (Phi) is 5.83. The number of hydrogen-bond acceptors (Lipinski definition) is 4. The van der Waals surface area contributed by atoms with Crippen molar-refractivity contribution < 1.29 is 4.79 Å². The molecule has 3 heterocycles. The number of piperidine rings is 1. The molecule has 31 heavy (non-hydrogen) atoms. The second-order valence-corrected chi connectivity index (χ2v) is 8.84. The molecule has 2 saturated heterocycles. The molecule has 6 nitrogen and oxygen atoms in total. The number of fused-ring (bicyclic) bond motifs is 1. The van der Waals surface area contributed by atoms with Crippen molar-refractivity contribution in [2.24, 2.45) is 0 Å². The topological polar surface area (TPSA) is 64.3 Å². The number of halogens is 1. The number of H-pyrrole nitrogens is 1. The number of nitrogens with zero attached hydrogens (tertiary/aromatic N) is 3. The van der Waals surface area contributed by atoms with Crippen molar-refractivity contribution in [2.45, 2.75) is 31.7 Å². The number of imidazole rings is 1. The molecule has 0 bridgehead atoms. The van der Waals surface area contributed by atoms with Gasteiger partial charge in [-0.3, -0.25) is 4.79 Å². The predicted octanol–water partition coefficient (Wildman–Crippen LogP) is 4.06. The van der Waals surface area contributed by atoms with Gasteiger partial charge in [0.2, 0.25) is 5.91 Å². The number of para-hydroxylation sites is 2. The molecule has 2 N–H and O–H groups in total.